The number of anilines is 3. The first-order chi connectivity index (χ1) is 14.8. The first kappa shape index (κ1) is 22.1. The van der Waals surface area contributed by atoms with Crippen molar-refractivity contribution < 1.29 is 9.18 Å². The quantitative estimate of drug-likeness (QED) is 0.517. The average molecular weight is 446 g/mol. The Morgan fingerprint density at radius 1 is 1.23 bits per heavy atom. The summed E-state index contributed by atoms with van der Waals surface area (Å²) in [4.78, 5) is 41.1. The van der Waals surface area contributed by atoms with Crippen molar-refractivity contribution in [3.8, 4) is 0 Å². The van der Waals surface area contributed by atoms with E-state index in [-0.39, 0.29) is 36.2 Å². The molecule has 0 atom stereocenters. The largest absolute Gasteiger partial charge is 0.383 e. The molecule has 0 radical (unpaired) electrons. The number of benzene rings is 2. The predicted molar refractivity (Wildman–Crippen MR) is 119 cm³/mol. The van der Waals surface area contributed by atoms with E-state index >= 15 is 0 Å². The molecule has 31 heavy (non-hydrogen) atoms. The van der Waals surface area contributed by atoms with Gasteiger partial charge in [0.1, 0.15) is 11.6 Å². The second kappa shape index (κ2) is 9.48. The van der Waals surface area contributed by atoms with Crippen LogP contribution in [0.5, 0.6) is 0 Å². The SMILES string of the molecule is CCN(C(=O)CNc1ccc(F)cc1Cl)c1c(N)n(Cc2ccccc2)c(=O)[nH]c1=O. The smallest absolute Gasteiger partial charge is 0.330 e. The minimum Gasteiger partial charge on any atom is -0.383 e. The minimum atomic E-state index is -0.762. The molecule has 0 aliphatic heterocycles. The van der Waals surface area contributed by atoms with Crippen LogP contribution in [0, 0.1) is 5.82 Å². The average Bonchev–Trinajstić information content (AvgIpc) is 2.74. The van der Waals surface area contributed by atoms with E-state index in [0.29, 0.717) is 5.69 Å². The summed E-state index contributed by atoms with van der Waals surface area (Å²) in [6.07, 6.45) is 0. The number of H-pyrrole nitrogens is 1. The number of carbonyl (C=O) groups excluding carboxylic acids is 1. The molecule has 4 N–H and O–H groups in total. The van der Waals surface area contributed by atoms with Crippen LogP contribution in [0.25, 0.3) is 0 Å². The van der Waals surface area contributed by atoms with Crippen LogP contribution < -0.4 is 27.2 Å². The molecular formula is C21H21ClFN5O3. The van der Waals surface area contributed by atoms with E-state index in [0.717, 1.165) is 11.6 Å². The van der Waals surface area contributed by atoms with Gasteiger partial charge in [-0.1, -0.05) is 41.9 Å². The van der Waals surface area contributed by atoms with E-state index in [1.807, 2.05) is 30.3 Å². The van der Waals surface area contributed by atoms with Crippen molar-refractivity contribution in [2.75, 3.05) is 29.0 Å². The minimum absolute atomic E-state index is 0.115. The number of aromatic amines is 1. The van der Waals surface area contributed by atoms with Crippen molar-refractivity contribution in [1.29, 1.82) is 0 Å². The van der Waals surface area contributed by atoms with Crippen molar-refractivity contribution in [3.05, 3.63) is 85.8 Å². The Morgan fingerprint density at radius 3 is 2.58 bits per heavy atom. The van der Waals surface area contributed by atoms with Gasteiger partial charge in [-0.05, 0) is 30.7 Å². The van der Waals surface area contributed by atoms with Crippen molar-refractivity contribution >= 4 is 34.7 Å². The fourth-order valence-corrected chi connectivity index (χ4v) is 3.35. The van der Waals surface area contributed by atoms with Crippen LogP contribution in [0.2, 0.25) is 5.02 Å². The lowest BCUT2D eigenvalue weighted by Gasteiger charge is -2.23. The molecule has 10 heteroatoms. The number of nitrogens with two attached hydrogens (primary N) is 1. The highest BCUT2D eigenvalue weighted by atomic mass is 35.5. The molecule has 0 aliphatic carbocycles. The normalized spacial score (nSPS) is 10.7. The number of nitrogens with zero attached hydrogens (tertiary/aromatic N) is 2. The van der Waals surface area contributed by atoms with Crippen molar-refractivity contribution in [1.82, 2.24) is 9.55 Å². The number of nitrogens with one attached hydrogen (secondary N) is 2. The molecule has 0 aliphatic rings. The second-order valence-corrected chi connectivity index (χ2v) is 7.09. The lowest BCUT2D eigenvalue weighted by Crippen LogP contribution is -2.43. The zero-order valence-electron chi connectivity index (χ0n) is 16.7. The maximum Gasteiger partial charge on any atom is 0.330 e. The second-order valence-electron chi connectivity index (χ2n) is 6.68. The Labute approximate surface area is 182 Å². The molecule has 0 spiro atoms. The van der Waals surface area contributed by atoms with Crippen LogP contribution in [0.1, 0.15) is 12.5 Å². The fourth-order valence-electron chi connectivity index (χ4n) is 3.12. The standard InChI is InChI=1S/C21H21ClFN5O3/c1-2-27(17(29)11-25-16-9-8-14(23)10-15(16)22)18-19(24)28(21(31)26-20(18)30)12-13-6-4-3-5-7-13/h3-10,25H,2,11-12,24H2,1H3,(H,26,30,31). The zero-order valence-corrected chi connectivity index (χ0v) is 17.4. The monoisotopic (exact) mass is 445 g/mol. The van der Waals surface area contributed by atoms with Gasteiger partial charge in [0.2, 0.25) is 5.91 Å². The van der Waals surface area contributed by atoms with E-state index in [1.54, 1.807) is 6.92 Å². The Bertz CT molecular complexity index is 1210. The molecule has 3 aromatic rings. The van der Waals surface area contributed by atoms with Gasteiger partial charge >= 0.3 is 5.69 Å². The van der Waals surface area contributed by atoms with Crippen molar-refractivity contribution in [2.24, 2.45) is 0 Å². The molecule has 1 heterocycles. The summed E-state index contributed by atoms with van der Waals surface area (Å²) in [5, 5.41) is 2.93. The van der Waals surface area contributed by atoms with Crippen LogP contribution in [-0.4, -0.2) is 28.5 Å². The van der Waals surface area contributed by atoms with Crippen LogP contribution in [0.4, 0.5) is 21.6 Å². The van der Waals surface area contributed by atoms with Crippen LogP contribution in [-0.2, 0) is 11.3 Å². The maximum absolute atomic E-state index is 13.2. The van der Waals surface area contributed by atoms with Crippen molar-refractivity contribution in [3.63, 3.8) is 0 Å². The van der Waals surface area contributed by atoms with Crippen molar-refractivity contribution in [2.45, 2.75) is 13.5 Å². The molecule has 162 valence electrons. The summed E-state index contributed by atoms with van der Waals surface area (Å²) in [6.45, 7) is 1.71. The first-order valence-electron chi connectivity index (χ1n) is 9.47. The molecule has 1 aromatic heterocycles. The summed E-state index contributed by atoms with van der Waals surface area (Å²) < 4.78 is 14.4. The Hall–Kier alpha value is -3.59. The number of rotatable bonds is 7. The van der Waals surface area contributed by atoms with Gasteiger partial charge < -0.3 is 16.0 Å². The number of likely N-dealkylation sites (N-methyl/N-ethyl adjacent to an activating group) is 1. The molecule has 3 rings (SSSR count). The molecule has 0 saturated carbocycles. The van der Waals surface area contributed by atoms with E-state index < -0.39 is 23.0 Å². The van der Waals surface area contributed by atoms with Gasteiger partial charge in [-0.3, -0.25) is 19.1 Å². The summed E-state index contributed by atoms with van der Waals surface area (Å²) >= 11 is 5.97. The Morgan fingerprint density at radius 2 is 1.94 bits per heavy atom. The zero-order chi connectivity index (χ0) is 22.5. The number of hydrogen-bond donors (Lipinski definition) is 3. The number of aromatic nitrogens is 2. The predicted octanol–water partition coefficient (Wildman–Crippen LogP) is 2.42. The van der Waals surface area contributed by atoms with Gasteiger partial charge in [-0.2, -0.15) is 0 Å². The van der Waals surface area contributed by atoms with Crippen LogP contribution >= 0.6 is 11.6 Å². The molecule has 0 unspecified atom stereocenters. The van der Waals surface area contributed by atoms with Gasteiger partial charge in [-0.15, -0.1) is 0 Å². The highest BCUT2D eigenvalue weighted by Gasteiger charge is 2.23. The summed E-state index contributed by atoms with van der Waals surface area (Å²) in [5.74, 6) is -1.10. The lowest BCUT2D eigenvalue weighted by molar-refractivity contribution is -0.116. The molecule has 0 saturated heterocycles. The first-order valence-corrected chi connectivity index (χ1v) is 9.85. The molecule has 1 amide bonds. The van der Waals surface area contributed by atoms with Gasteiger partial charge in [-0.25, -0.2) is 9.18 Å². The summed E-state index contributed by atoms with van der Waals surface area (Å²) in [6, 6.07) is 12.8. The molecular weight excluding hydrogens is 425 g/mol. The molecule has 2 aromatic carbocycles. The topological polar surface area (TPSA) is 113 Å². The highest BCUT2D eigenvalue weighted by Crippen LogP contribution is 2.23. The molecule has 0 bridgehead atoms. The molecule has 8 nitrogen and oxygen atoms in total. The van der Waals surface area contributed by atoms with E-state index in [9.17, 15) is 18.8 Å². The Balaban J connectivity index is 1.89. The number of amides is 1. The van der Waals surface area contributed by atoms with Crippen LogP contribution in [0.15, 0.2) is 58.1 Å². The lowest BCUT2D eigenvalue weighted by atomic mass is 10.2. The van der Waals surface area contributed by atoms with E-state index in [1.165, 1.54) is 21.6 Å². The van der Waals surface area contributed by atoms with Crippen LogP contribution in [0.3, 0.4) is 0 Å². The summed E-state index contributed by atoms with van der Waals surface area (Å²) in [5.41, 5.74) is 5.78. The maximum atomic E-state index is 13.2. The van der Waals surface area contributed by atoms with Gasteiger partial charge in [0.05, 0.1) is 23.8 Å². The number of hydrogen-bond acceptors (Lipinski definition) is 5. The number of nitrogen functional groups attached to an aromatic ring is 1. The summed E-state index contributed by atoms with van der Waals surface area (Å²) in [7, 11) is 0. The van der Waals surface area contributed by atoms with Gasteiger partial charge in [0.25, 0.3) is 5.56 Å². The highest BCUT2D eigenvalue weighted by molar-refractivity contribution is 6.33. The Kier molecular flexibility index (Phi) is 6.76. The fraction of sp³-hybridized carbons (Fsp3) is 0.190. The molecule has 0 fully saturated rings. The number of carbonyl (C=O) groups is 1. The third-order valence-corrected chi connectivity index (χ3v) is 4.96. The number of halogens is 2. The van der Waals surface area contributed by atoms with E-state index in [2.05, 4.69) is 10.3 Å². The van der Waals surface area contributed by atoms with Gasteiger partial charge in [0.15, 0.2) is 5.69 Å². The van der Waals surface area contributed by atoms with E-state index in [4.69, 9.17) is 17.3 Å². The van der Waals surface area contributed by atoms with Gasteiger partial charge in [0, 0.05) is 6.54 Å². The third kappa shape index (κ3) is 4.95. The third-order valence-electron chi connectivity index (χ3n) is 4.65.